The van der Waals surface area contributed by atoms with Gasteiger partial charge in [-0.3, -0.25) is 4.79 Å². The fraction of sp³-hybridized carbons (Fsp3) is 0.450. The lowest BCUT2D eigenvalue weighted by Crippen LogP contribution is -2.24. The molecule has 0 radical (unpaired) electrons. The van der Waals surface area contributed by atoms with Gasteiger partial charge >= 0.3 is 12.1 Å². The van der Waals surface area contributed by atoms with Gasteiger partial charge in [-0.15, -0.1) is 0 Å². The number of carboxylic acids is 1. The lowest BCUT2D eigenvalue weighted by molar-refractivity contribution is -0.222. The number of benzene rings is 1. The van der Waals surface area contributed by atoms with Crippen LogP contribution < -0.4 is 10.1 Å². The Balaban J connectivity index is 2.52. The molecular formula is C20H24F3N3O4. The topological polar surface area (TPSA) is 93.6 Å². The third-order valence-electron chi connectivity index (χ3n) is 4.48. The number of aliphatic carboxylic acids is 1. The van der Waals surface area contributed by atoms with Crippen LogP contribution in [-0.2, 0) is 9.53 Å². The zero-order valence-corrected chi connectivity index (χ0v) is 16.9. The van der Waals surface area contributed by atoms with E-state index in [1.54, 1.807) is 0 Å². The second kappa shape index (κ2) is 10.2. The summed E-state index contributed by atoms with van der Waals surface area (Å²) in [5.41, 5.74) is 0.590. The van der Waals surface area contributed by atoms with E-state index in [1.807, 2.05) is 6.92 Å². The van der Waals surface area contributed by atoms with Gasteiger partial charge in [0.05, 0.1) is 25.9 Å². The maximum Gasteiger partial charge on any atom is 0.418 e. The summed E-state index contributed by atoms with van der Waals surface area (Å²) in [5.74, 6) is -0.873. The van der Waals surface area contributed by atoms with Gasteiger partial charge in [0, 0.05) is 17.9 Å². The number of carboxylic acid groups (broad SMARTS) is 1. The van der Waals surface area contributed by atoms with Crippen molar-refractivity contribution in [3.05, 3.63) is 41.7 Å². The second-order valence-electron chi connectivity index (χ2n) is 6.50. The molecule has 10 heteroatoms. The molecule has 0 fully saturated rings. The van der Waals surface area contributed by atoms with Gasteiger partial charge < -0.3 is 19.9 Å². The molecule has 2 N–H and O–H groups in total. The van der Waals surface area contributed by atoms with Gasteiger partial charge in [-0.05, 0) is 30.9 Å². The predicted molar refractivity (Wildman–Crippen MR) is 104 cm³/mol. The van der Waals surface area contributed by atoms with Crippen LogP contribution in [0.4, 0.5) is 24.7 Å². The van der Waals surface area contributed by atoms with Crippen molar-refractivity contribution in [3.63, 3.8) is 0 Å². The molecule has 0 aliphatic carbocycles. The molecule has 0 spiro atoms. The monoisotopic (exact) mass is 427 g/mol. The lowest BCUT2D eigenvalue weighted by atomic mass is 9.91. The van der Waals surface area contributed by atoms with Crippen LogP contribution in [0.5, 0.6) is 5.88 Å². The van der Waals surface area contributed by atoms with Crippen LogP contribution in [0.1, 0.15) is 49.8 Å². The standard InChI is InChI=1S/C20H24F3N3O4/c1-4-12(9-18(27)28)13-6-7-14(19(30-5-2)20(21,22)23)15(8-13)26-16-10-25-17(29-3)11-24-16/h6-8,10-12,19H,4-5,9H2,1-3H3,(H,24,26)(H,27,28)/t12-,19+/m0/s1. The first-order valence-corrected chi connectivity index (χ1v) is 9.36. The summed E-state index contributed by atoms with van der Waals surface area (Å²) >= 11 is 0. The molecule has 0 aliphatic heterocycles. The number of anilines is 2. The Hall–Kier alpha value is -2.88. The third kappa shape index (κ3) is 6.06. The fourth-order valence-electron chi connectivity index (χ4n) is 3.02. The van der Waals surface area contributed by atoms with Crippen molar-refractivity contribution in [1.82, 2.24) is 9.97 Å². The van der Waals surface area contributed by atoms with Gasteiger partial charge in [-0.25, -0.2) is 9.97 Å². The van der Waals surface area contributed by atoms with Crippen molar-refractivity contribution in [3.8, 4) is 5.88 Å². The van der Waals surface area contributed by atoms with Crippen LogP contribution >= 0.6 is 0 Å². The molecule has 30 heavy (non-hydrogen) atoms. The number of halogens is 3. The van der Waals surface area contributed by atoms with Gasteiger partial charge in [0.1, 0.15) is 5.82 Å². The van der Waals surface area contributed by atoms with E-state index in [0.29, 0.717) is 12.0 Å². The van der Waals surface area contributed by atoms with Crippen LogP contribution in [0, 0.1) is 0 Å². The quantitative estimate of drug-likeness (QED) is 0.560. The molecule has 164 valence electrons. The van der Waals surface area contributed by atoms with Crippen LogP contribution in [0.3, 0.4) is 0 Å². The van der Waals surface area contributed by atoms with E-state index in [1.165, 1.54) is 44.6 Å². The van der Waals surface area contributed by atoms with Crippen LogP contribution in [-0.4, -0.2) is 40.9 Å². The molecule has 1 heterocycles. The summed E-state index contributed by atoms with van der Waals surface area (Å²) in [4.78, 5) is 19.2. The van der Waals surface area contributed by atoms with Crippen LogP contribution in [0.2, 0.25) is 0 Å². The molecule has 2 aromatic rings. The highest BCUT2D eigenvalue weighted by atomic mass is 19.4. The first-order chi connectivity index (χ1) is 14.2. The Bertz CT molecular complexity index is 844. The predicted octanol–water partition coefficient (Wildman–Crippen LogP) is 4.84. The summed E-state index contributed by atoms with van der Waals surface area (Å²) in [7, 11) is 1.42. The van der Waals surface area contributed by atoms with Crippen molar-refractivity contribution in [1.29, 1.82) is 0 Å². The highest BCUT2D eigenvalue weighted by Gasteiger charge is 2.43. The maximum atomic E-state index is 13.6. The summed E-state index contributed by atoms with van der Waals surface area (Å²) in [5, 5.41) is 12.0. The lowest BCUT2D eigenvalue weighted by Gasteiger charge is -2.25. The molecule has 1 aromatic carbocycles. The van der Waals surface area contributed by atoms with Gasteiger partial charge in [0.25, 0.3) is 0 Å². The zero-order chi connectivity index (χ0) is 22.3. The molecule has 1 aromatic heterocycles. The molecule has 0 saturated heterocycles. The Morgan fingerprint density at radius 1 is 1.23 bits per heavy atom. The minimum Gasteiger partial charge on any atom is -0.481 e. The van der Waals surface area contributed by atoms with E-state index in [0.717, 1.165) is 0 Å². The highest BCUT2D eigenvalue weighted by Crippen LogP contribution is 2.41. The van der Waals surface area contributed by atoms with Gasteiger partial charge in [-0.1, -0.05) is 19.1 Å². The van der Waals surface area contributed by atoms with Crippen LogP contribution in [0.25, 0.3) is 0 Å². The van der Waals surface area contributed by atoms with Crippen molar-refractivity contribution in [2.24, 2.45) is 0 Å². The van der Waals surface area contributed by atoms with E-state index in [-0.39, 0.29) is 41.9 Å². The van der Waals surface area contributed by atoms with Crippen molar-refractivity contribution in [2.75, 3.05) is 19.0 Å². The van der Waals surface area contributed by atoms with Gasteiger partial charge in [-0.2, -0.15) is 13.2 Å². The Kier molecular flexibility index (Phi) is 7.99. The molecule has 7 nitrogen and oxygen atoms in total. The fourth-order valence-corrected chi connectivity index (χ4v) is 3.02. The Morgan fingerprint density at radius 3 is 2.47 bits per heavy atom. The number of aromatic nitrogens is 2. The molecule has 0 unspecified atom stereocenters. The number of ether oxygens (including phenoxy) is 2. The minimum atomic E-state index is -4.63. The molecule has 2 atom stereocenters. The van der Waals surface area contributed by atoms with E-state index in [2.05, 4.69) is 15.3 Å². The molecular weight excluding hydrogens is 403 g/mol. The SMILES string of the molecule is CCO[C@H](c1ccc([C@@H](CC)CC(=O)O)cc1Nc1cnc(OC)cn1)C(F)(F)F. The average molecular weight is 427 g/mol. The van der Waals surface area contributed by atoms with Gasteiger partial charge in [0.2, 0.25) is 5.88 Å². The smallest absolute Gasteiger partial charge is 0.418 e. The van der Waals surface area contributed by atoms with Gasteiger partial charge in [0.15, 0.2) is 6.10 Å². The molecule has 0 bridgehead atoms. The number of methoxy groups -OCH3 is 1. The number of carbonyl (C=O) groups is 1. The molecule has 0 saturated carbocycles. The number of rotatable bonds is 10. The molecule has 0 aliphatic rings. The second-order valence-corrected chi connectivity index (χ2v) is 6.50. The summed E-state index contributed by atoms with van der Waals surface area (Å²) in [6.45, 7) is 3.17. The number of alkyl halides is 3. The zero-order valence-electron chi connectivity index (χ0n) is 16.9. The first-order valence-electron chi connectivity index (χ1n) is 9.36. The highest BCUT2D eigenvalue weighted by molar-refractivity contribution is 5.69. The van der Waals surface area contributed by atoms with E-state index >= 15 is 0 Å². The average Bonchev–Trinajstić information content (AvgIpc) is 2.70. The summed E-state index contributed by atoms with van der Waals surface area (Å²) < 4.78 is 50.8. The molecule has 0 amide bonds. The van der Waals surface area contributed by atoms with E-state index in [4.69, 9.17) is 14.6 Å². The minimum absolute atomic E-state index is 0.117. The maximum absolute atomic E-state index is 13.6. The van der Waals surface area contributed by atoms with E-state index in [9.17, 15) is 18.0 Å². The van der Waals surface area contributed by atoms with Crippen LogP contribution in [0.15, 0.2) is 30.6 Å². The molecule has 2 rings (SSSR count). The van der Waals surface area contributed by atoms with E-state index < -0.39 is 18.2 Å². The van der Waals surface area contributed by atoms with Crippen molar-refractivity contribution >= 4 is 17.5 Å². The largest absolute Gasteiger partial charge is 0.481 e. The third-order valence-corrected chi connectivity index (χ3v) is 4.48. The summed E-state index contributed by atoms with van der Waals surface area (Å²) in [6.07, 6.45) is -3.75. The van der Waals surface area contributed by atoms with Crippen molar-refractivity contribution in [2.45, 2.75) is 44.9 Å². The Morgan fingerprint density at radius 2 is 1.97 bits per heavy atom. The number of hydrogen-bond donors (Lipinski definition) is 2. The summed E-state index contributed by atoms with van der Waals surface area (Å²) in [6, 6.07) is 4.33. The number of hydrogen-bond acceptors (Lipinski definition) is 6. The first kappa shape index (κ1) is 23.4. The number of nitrogens with zero attached hydrogens (tertiary/aromatic N) is 2. The number of nitrogens with one attached hydrogen (secondary N) is 1. The normalized spacial score (nSPS) is 13.5. The van der Waals surface area contributed by atoms with Crippen molar-refractivity contribution < 1.29 is 32.5 Å². The Labute approximate surface area is 172 Å².